The van der Waals surface area contributed by atoms with Crippen LogP contribution in [0.15, 0.2) is 52.1 Å². The lowest BCUT2D eigenvalue weighted by Gasteiger charge is -2.14. The fourth-order valence-corrected chi connectivity index (χ4v) is 2.44. The van der Waals surface area contributed by atoms with E-state index in [1.807, 2.05) is 30.3 Å². The molecule has 2 N–H and O–H groups in total. The number of furan rings is 1. The summed E-state index contributed by atoms with van der Waals surface area (Å²) in [5, 5.41) is 6.63. The largest absolute Gasteiger partial charge is 0.493 e. The average molecular weight is 455 g/mol. The topological polar surface area (TPSA) is 58.8 Å². The Labute approximate surface area is 166 Å². The van der Waals surface area contributed by atoms with Gasteiger partial charge in [0.25, 0.3) is 0 Å². The van der Waals surface area contributed by atoms with Crippen LogP contribution in [0.1, 0.15) is 24.2 Å². The molecule has 136 valence electrons. The van der Waals surface area contributed by atoms with E-state index in [9.17, 15) is 0 Å². The van der Waals surface area contributed by atoms with Crippen molar-refractivity contribution in [2.75, 3.05) is 20.2 Å². The van der Waals surface area contributed by atoms with Crippen LogP contribution in [-0.2, 0) is 13.0 Å². The molecule has 0 amide bonds. The zero-order valence-corrected chi connectivity index (χ0v) is 16.9. The Balaban J connectivity index is 0.00000225. The fraction of sp³-hybridized carbons (Fsp3) is 0.421. The predicted octanol–water partition coefficient (Wildman–Crippen LogP) is 3.59. The quantitative estimate of drug-likeness (QED) is 0.363. The molecule has 1 heterocycles. The van der Waals surface area contributed by atoms with Crippen LogP contribution in [0.5, 0.6) is 5.75 Å². The first-order chi connectivity index (χ1) is 11.8. The second kappa shape index (κ2) is 10.3. The van der Waals surface area contributed by atoms with Crippen LogP contribution in [0, 0.1) is 5.92 Å². The Morgan fingerprint density at radius 3 is 2.76 bits per heavy atom. The first-order valence-corrected chi connectivity index (χ1v) is 8.53. The third kappa shape index (κ3) is 6.61. The molecular weight excluding hydrogens is 429 g/mol. The standard InChI is InChI=1S/C19H25N3O2.HI/c1-20-19(21-11-10-17-6-4-12-23-17)22-13-16-5-2-3-7-18(16)24-14-15-8-9-15;/h2-7,12,15H,8-11,13-14H2,1H3,(H2,20,21,22);1H. The number of hydrogen-bond donors (Lipinski definition) is 2. The van der Waals surface area contributed by atoms with Crippen molar-refractivity contribution in [1.29, 1.82) is 0 Å². The molecular formula is C19H26IN3O2. The number of para-hydroxylation sites is 1. The van der Waals surface area contributed by atoms with E-state index >= 15 is 0 Å². The Morgan fingerprint density at radius 2 is 2.04 bits per heavy atom. The Hall–Kier alpha value is -1.70. The molecule has 2 aromatic rings. The van der Waals surface area contributed by atoms with Gasteiger partial charge in [-0.2, -0.15) is 0 Å². The maximum absolute atomic E-state index is 5.94. The number of ether oxygens (including phenoxy) is 1. The Morgan fingerprint density at radius 1 is 1.20 bits per heavy atom. The van der Waals surface area contributed by atoms with Crippen LogP contribution in [0.3, 0.4) is 0 Å². The maximum atomic E-state index is 5.94. The highest BCUT2D eigenvalue weighted by molar-refractivity contribution is 14.0. The highest BCUT2D eigenvalue weighted by atomic mass is 127. The lowest BCUT2D eigenvalue weighted by molar-refractivity contribution is 0.296. The zero-order valence-electron chi connectivity index (χ0n) is 14.5. The molecule has 1 saturated carbocycles. The molecule has 3 rings (SSSR count). The number of aliphatic imine (C=N–C) groups is 1. The molecule has 0 aliphatic heterocycles. The van der Waals surface area contributed by atoms with Gasteiger partial charge in [-0.25, -0.2) is 0 Å². The molecule has 1 aliphatic rings. The van der Waals surface area contributed by atoms with E-state index in [2.05, 4.69) is 21.7 Å². The fourth-order valence-electron chi connectivity index (χ4n) is 2.44. The molecule has 0 saturated heterocycles. The molecule has 1 aromatic heterocycles. The Kier molecular flexibility index (Phi) is 8.11. The SMILES string of the molecule is CN=C(NCCc1ccco1)NCc1ccccc1OCC1CC1.I. The smallest absolute Gasteiger partial charge is 0.191 e. The summed E-state index contributed by atoms with van der Waals surface area (Å²) in [7, 11) is 1.78. The van der Waals surface area contributed by atoms with Crippen molar-refractivity contribution in [3.63, 3.8) is 0 Å². The minimum absolute atomic E-state index is 0. The molecule has 0 atom stereocenters. The molecule has 6 heteroatoms. The number of guanidine groups is 1. The van der Waals surface area contributed by atoms with Crippen molar-refractivity contribution in [1.82, 2.24) is 10.6 Å². The molecule has 0 radical (unpaired) electrons. The van der Waals surface area contributed by atoms with E-state index in [0.717, 1.165) is 48.5 Å². The minimum Gasteiger partial charge on any atom is -0.493 e. The lowest BCUT2D eigenvalue weighted by Crippen LogP contribution is -2.37. The van der Waals surface area contributed by atoms with Gasteiger partial charge in [-0.3, -0.25) is 4.99 Å². The summed E-state index contributed by atoms with van der Waals surface area (Å²) in [4.78, 5) is 4.26. The number of halogens is 1. The van der Waals surface area contributed by atoms with Crippen LogP contribution >= 0.6 is 24.0 Å². The third-order valence-electron chi connectivity index (χ3n) is 4.06. The van der Waals surface area contributed by atoms with E-state index in [4.69, 9.17) is 9.15 Å². The number of nitrogens with zero attached hydrogens (tertiary/aromatic N) is 1. The third-order valence-corrected chi connectivity index (χ3v) is 4.06. The van der Waals surface area contributed by atoms with Gasteiger partial charge in [0.1, 0.15) is 11.5 Å². The van der Waals surface area contributed by atoms with Crippen LogP contribution in [0.4, 0.5) is 0 Å². The molecule has 0 unspecified atom stereocenters. The molecule has 25 heavy (non-hydrogen) atoms. The summed E-state index contributed by atoms with van der Waals surface area (Å²) in [6.07, 6.45) is 5.12. The van der Waals surface area contributed by atoms with Crippen molar-refractivity contribution in [2.45, 2.75) is 25.8 Å². The van der Waals surface area contributed by atoms with E-state index < -0.39 is 0 Å². The summed E-state index contributed by atoms with van der Waals surface area (Å²) in [5.74, 6) is 3.46. The second-order valence-electron chi connectivity index (χ2n) is 6.04. The van der Waals surface area contributed by atoms with Gasteiger partial charge < -0.3 is 19.8 Å². The van der Waals surface area contributed by atoms with E-state index in [1.165, 1.54) is 12.8 Å². The highest BCUT2D eigenvalue weighted by Crippen LogP contribution is 2.30. The van der Waals surface area contributed by atoms with Crippen molar-refractivity contribution >= 4 is 29.9 Å². The maximum Gasteiger partial charge on any atom is 0.191 e. The zero-order chi connectivity index (χ0) is 16.6. The second-order valence-corrected chi connectivity index (χ2v) is 6.04. The Bertz CT molecular complexity index is 654. The van der Waals surface area contributed by atoms with Gasteiger partial charge >= 0.3 is 0 Å². The van der Waals surface area contributed by atoms with Crippen LogP contribution in [0.2, 0.25) is 0 Å². The lowest BCUT2D eigenvalue weighted by atomic mass is 10.2. The van der Waals surface area contributed by atoms with Crippen molar-refractivity contribution < 1.29 is 9.15 Å². The van der Waals surface area contributed by atoms with E-state index in [-0.39, 0.29) is 24.0 Å². The van der Waals surface area contributed by atoms with Gasteiger partial charge in [-0.1, -0.05) is 18.2 Å². The number of rotatable bonds is 8. The number of hydrogen-bond acceptors (Lipinski definition) is 3. The normalized spacial score (nSPS) is 13.9. The number of benzene rings is 1. The van der Waals surface area contributed by atoms with Crippen LogP contribution in [0.25, 0.3) is 0 Å². The summed E-state index contributed by atoms with van der Waals surface area (Å²) in [6.45, 7) is 2.28. The number of nitrogens with one attached hydrogen (secondary N) is 2. The molecule has 1 aliphatic carbocycles. The molecule has 5 nitrogen and oxygen atoms in total. The van der Waals surface area contributed by atoms with Crippen LogP contribution < -0.4 is 15.4 Å². The molecule has 1 fully saturated rings. The van der Waals surface area contributed by atoms with Crippen LogP contribution in [-0.4, -0.2) is 26.2 Å². The predicted molar refractivity (Wildman–Crippen MR) is 111 cm³/mol. The molecule has 0 spiro atoms. The summed E-state index contributed by atoms with van der Waals surface area (Å²) >= 11 is 0. The summed E-state index contributed by atoms with van der Waals surface area (Å²) in [6, 6.07) is 12.1. The van der Waals surface area contributed by atoms with Crippen molar-refractivity contribution in [2.24, 2.45) is 10.9 Å². The van der Waals surface area contributed by atoms with Crippen molar-refractivity contribution in [3.05, 3.63) is 54.0 Å². The van der Waals surface area contributed by atoms with Crippen molar-refractivity contribution in [3.8, 4) is 5.75 Å². The van der Waals surface area contributed by atoms with Gasteiger partial charge in [0.15, 0.2) is 5.96 Å². The van der Waals surface area contributed by atoms with Gasteiger partial charge in [0.2, 0.25) is 0 Å². The van der Waals surface area contributed by atoms with Gasteiger partial charge in [0.05, 0.1) is 12.9 Å². The average Bonchev–Trinajstić information content (AvgIpc) is 3.30. The summed E-state index contributed by atoms with van der Waals surface area (Å²) < 4.78 is 11.3. The minimum atomic E-state index is 0. The monoisotopic (exact) mass is 455 g/mol. The van der Waals surface area contributed by atoms with Gasteiger partial charge in [0, 0.05) is 32.1 Å². The first kappa shape index (κ1) is 19.6. The summed E-state index contributed by atoms with van der Waals surface area (Å²) in [5.41, 5.74) is 1.15. The molecule has 0 bridgehead atoms. The van der Waals surface area contributed by atoms with E-state index in [0.29, 0.717) is 6.54 Å². The highest BCUT2D eigenvalue weighted by Gasteiger charge is 2.22. The van der Waals surface area contributed by atoms with Gasteiger partial charge in [-0.05, 0) is 37.0 Å². The first-order valence-electron chi connectivity index (χ1n) is 8.53. The van der Waals surface area contributed by atoms with E-state index in [1.54, 1.807) is 13.3 Å². The van der Waals surface area contributed by atoms with Gasteiger partial charge in [-0.15, -0.1) is 24.0 Å². The molecule has 1 aromatic carbocycles.